The minimum Gasteiger partial charge on any atom is -0.377 e. The first kappa shape index (κ1) is 22.9. The second kappa shape index (κ2) is 14.0. The molecule has 26 heavy (non-hydrogen) atoms. The smallest absolute Gasteiger partial charge is 0.190 e. The van der Waals surface area contributed by atoms with E-state index >= 15 is 0 Å². The van der Waals surface area contributed by atoms with Crippen molar-refractivity contribution in [2.75, 3.05) is 26.7 Å². The van der Waals surface area contributed by atoms with Crippen LogP contribution in [0.25, 0.3) is 0 Å². The first-order valence-electron chi connectivity index (χ1n) is 8.88. The summed E-state index contributed by atoms with van der Waals surface area (Å²) in [6.45, 7) is 5.50. The summed E-state index contributed by atoms with van der Waals surface area (Å²) in [4.78, 5) is 4.28. The summed E-state index contributed by atoms with van der Waals surface area (Å²) in [5.41, 5.74) is 2.61. The molecule has 1 aromatic heterocycles. The first-order valence-corrected chi connectivity index (χ1v) is 9.82. The third-order valence-electron chi connectivity index (χ3n) is 4.03. The third kappa shape index (κ3) is 9.00. The van der Waals surface area contributed by atoms with Crippen LogP contribution in [0.15, 0.2) is 52.2 Å². The molecule has 2 N–H and O–H groups in total. The lowest BCUT2D eigenvalue weighted by atomic mass is 10.1. The van der Waals surface area contributed by atoms with E-state index in [2.05, 4.69) is 51.5 Å². The molecule has 0 amide bonds. The summed E-state index contributed by atoms with van der Waals surface area (Å²) in [7, 11) is 1.81. The molecule has 1 atom stereocenters. The van der Waals surface area contributed by atoms with Crippen molar-refractivity contribution in [2.24, 2.45) is 4.99 Å². The van der Waals surface area contributed by atoms with E-state index in [0.29, 0.717) is 12.5 Å². The largest absolute Gasteiger partial charge is 0.377 e. The van der Waals surface area contributed by atoms with Gasteiger partial charge in [0.15, 0.2) is 5.96 Å². The zero-order valence-corrected chi connectivity index (χ0v) is 18.8. The summed E-state index contributed by atoms with van der Waals surface area (Å²) >= 11 is 1.74. The van der Waals surface area contributed by atoms with Crippen LogP contribution >= 0.6 is 35.3 Å². The Morgan fingerprint density at radius 1 is 1.15 bits per heavy atom. The van der Waals surface area contributed by atoms with Gasteiger partial charge in [0.25, 0.3) is 0 Å². The number of nitrogens with one attached hydrogen (secondary N) is 2. The maximum absolute atomic E-state index is 5.70. The minimum absolute atomic E-state index is 0. The predicted octanol–water partition coefficient (Wildman–Crippen LogP) is 4.63. The van der Waals surface area contributed by atoms with Gasteiger partial charge in [-0.15, -0.1) is 24.0 Å². The number of hydrogen-bond acceptors (Lipinski definition) is 3. The van der Waals surface area contributed by atoms with E-state index in [0.717, 1.165) is 38.5 Å². The van der Waals surface area contributed by atoms with Crippen molar-refractivity contribution in [1.82, 2.24) is 10.6 Å². The molecule has 0 aliphatic heterocycles. The minimum atomic E-state index is 0. The molecule has 0 spiro atoms. The highest BCUT2D eigenvalue weighted by atomic mass is 127. The molecule has 0 radical (unpaired) electrons. The van der Waals surface area contributed by atoms with Crippen LogP contribution < -0.4 is 10.6 Å². The maximum atomic E-state index is 5.70. The van der Waals surface area contributed by atoms with Crippen LogP contribution in [0.2, 0.25) is 0 Å². The number of hydrogen-bond donors (Lipinski definition) is 2. The van der Waals surface area contributed by atoms with Crippen molar-refractivity contribution < 1.29 is 4.74 Å². The molecular formula is C20H30IN3OS. The number of thiophene rings is 1. The Balaban J connectivity index is 0.00000338. The van der Waals surface area contributed by atoms with Gasteiger partial charge in [0.2, 0.25) is 0 Å². The lowest BCUT2D eigenvalue weighted by Crippen LogP contribution is -2.39. The lowest BCUT2D eigenvalue weighted by Gasteiger charge is -2.15. The standard InChI is InChI=1S/C20H29N3OS.HI/c1-17(19-10-13-25-16-19)14-23-20(21-2)22-11-6-7-12-24-15-18-8-4-3-5-9-18;/h3-5,8-10,13,16-17H,6-7,11-12,14-15H2,1-2H3,(H2,21,22,23);1H. The molecule has 0 saturated carbocycles. The first-order chi connectivity index (χ1) is 12.3. The van der Waals surface area contributed by atoms with Crippen molar-refractivity contribution in [3.63, 3.8) is 0 Å². The van der Waals surface area contributed by atoms with E-state index < -0.39 is 0 Å². The average molecular weight is 487 g/mol. The highest BCUT2D eigenvalue weighted by Crippen LogP contribution is 2.16. The summed E-state index contributed by atoms with van der Waals surface area (Å²) in [6, 6.07) is 12.5. The van der Waals surface area contributed by atoms with Gasteiger partial charge in [-0.05, 0) is 46.7 Å². The third-order valence-corrected chi connectivity index (χ3v) is 4.73. The molecule has 0 saturated heterocycles. The Bertz CT molecular complexity index is 605. The summed E-state index contributed by atoms with van der Waals surface area (Å²) in [5.74, 6) is 1.35. The van der Waals surface area contributed by atoms with Crippen LogP contribution in [0.1, 0.15) is 36.8 Å². The zero-order chi connectivity index (χ0) is 17.7. The zero-order valence-electron chi connectivity index (χ0n) is 15.6. The predicted molar refractivity (Wildman–Crippen MR) is 123 cm³/mol. The molecule has 1 aromatic carbocycles. The Labute approximate surface area is 178 Å². The topological polar surface area (TPSA) is 45.7 Å². The Hall–Kier alpha value is -1.12. The maximum Gasteiger partial charge on any atom is 0.190 e. The number of guanidine groups is 1. The van der Waals surface area contributed by atoms with Gasteiger partial charge in [-0.25, -0.2) is 0 Å². The molecule has 1 heterocycles. The van der Waals surface area contributed by atoms with Gasteiger partial charge >= 0.3 is 0 Å². The highest BCUT2D eigenvalue weighted by Gasteiger charge is 2.06. The van der Waals surface area contributed by atoms with Gasteiger partial charge in [0, 0.05) is 26.7 Å². The molecule has 144 valence electrons. The fourth-order valence-corrected chi connectivity index (χ4v) is 3.23. The summed E-state index contributed by atoms with van der Waals surface area (Å²) < 4.78 is 5.70. The highest BCUT2D eigenvalue weighted by molar-refractivity contribution is 14.0. The molecule has 0 aliphatic rings. The van der Waals surface area contributed by atoms with Crippen LogP contribution in [0.5, 0.6) is 0 Å². The van der Waals surface area contributed by atoms with Crippen molar-refractivity contribution in [1.29, 1.82) is 0 Å². The second-order valence-electron chi connectivity index (χ2n) is 6.08. The lowest BCUT2D eigenvalue weighted by molar-refractivity contribution is 0.117. The van der Waals surface area contributed by atoms with Gasteiger partial charge in [-0.3, -0.25) is 4.99 Å². The molecule has 2 aromatic rings. The van der Waals surface area contributed by atoms with E-state index in [-0.39, 0.29) is 24.0 Å². The van der Waals surface area contributed by atoms with E-state index in [1.54, 1.807) is 11.3 Å². The monoisotopic (exact) mass is 487 g/mol. The average Bonchev–Trinajstić information content (AvgIpc) is 3.19. The number of rotatable bonds is 10. The van der Waals surface area contributed by atoms with Crippen LogP contribution in [0.4, 0.5) is 0 Å². The molecule has 2 rings (SSSR count). The quantitative estimate of drug-likeness (QED) is 0.222. The van der Waals surface area contributed by atoms with Crippen molar-refractivity contribution >= 4 is 41.3 Å². The molecule has 4 nitrogen and oxygen atoms in total. The van der Waals surface area contributed by atoms with E-state index in [9.17, 15) is 0 Å². The number of ether oxygens (including phenoxy) is 1. The van der Waals surface area contributed by atoms with Crippen molar-refractivity contribution in [3.8, 4) is 0 Å². The molecular weight excluding hydrogens is 457 g/mol. The molecule has 0 fully saturated rings. The van der Waals surface area contributed by atoms with E-state index in [1.807, 2.05) is 25.2 Å². The Morgan fingerprint density at radius 3 is 2.65 bits per heavy atom. The van der Waals surface area contributed by atoms with Gasteiger partial charge in [0.05, 0.1) is 6.61 Å². The normalized spacial score (nSPS) is 12.3. The van der Waals surface area contributed by atoms with E-state index in [4.69, 9.17) is 4.74 Å². The van der Waals surface area contributed by atoms with Crippen LogP contribution in [-0.4, -0.2) is 32.7 Å². The number of benzene rings is 1. The van der Waals surface area contributed by atoms with Gasteiger partial charge < -0.3 is 15.4 Å². The number of nitrogens with zero attached hydrogens (tertiary/aromatic N) is 1. The Kier molecular flexibility index (Phi) is 12.3. The van der Waals surface area contributed by atoms with Crippen LogP contribution in [0.3, 0.4) is 0 Å². The van der Waals surface area contributed by atoms with Gasteiger partial charge in [-0.1, -0.05) is 37.3 Å². The summed E-state index contributed by atoms with van der Waals surface area (Å²) in [6.07, 6.45) is 2.11. The van der Waals surface area contributed by atoms with Gasteiger partial charge in [-0.2, -0.15) is 11.3 Å². The molecule has 0 bridgehead atoms. The fourth-order valence-electron chi connectivity index (χ4n) is 2.44. The van der Waals surface area contributed by atoms with Crippen molar-refractivity contribution in [3.05, 3.63) is 58.3 Å². The van der Waals surface area contributed by atoms with Gasteiger partial charge in [0.1, 0.15) is 0 Å². The molecule has 1 unspecified atom stereocenters. The number of unbranched alkanes of at least 4 members (excludes halogenated alkanes) is 1. The van der Waals surface area contributed by atoms with Crippen LogP contribution in [0, 0.1) is 0 Å². The second-order valence-corrected chi connectivity index (χ2v) is 6.86. The van der Waals surface area contributed by atoms with Crippen LogP contribution in [-0.2, 0) is 11.3 Å². The summed E-state index contributed by atoms with van der Waals surface area (Å²) in [5, 5.41) is 11.1. The fraction of sp³-hybridized carbons (Fsp3) is 0.450. The number of aliphatic imine (C=N–C) groups is 1. The Morgan fingerprint density at radius 2 is 1.96 bits per heavy atom. The van der Waals surface area contributed by atoms with Crippen molar-refractivity contribution in [2.45, 2.75) is 32.3 Å². The SMILES string of the molecule is CN=C(NCCCCOCc1ccccc1)NCC(C)c1ccsc1.I. The van der Waals surface area contributed by atoms with E-state index in [1.165, 1.54) is 11.1 Å². The molecule has 6 heteroatoms. The molecule has 0 aliphatic carbocycles. The number of halogens is 1.